The van der Waals surface area contributed by atoms with Gasteiger partial charge in [0.25, 0.3) is 0 Å². The molecule has 5 nitrogen and oxygen atoms in total. The van der Waals surface area contributed by atoms with E-state index in [1.807, 2.05) is 18.4 Å². The third-order valence-electron chi connectivity index (χ3n) is 5.18. The summed E-state index contributed by atoms with van der Waals surface area (Å²) in [5.74, 6) is 1.77. The molecule has 4 atom stereocenters. The van der Waals surface area contributed by atoms with Crippen LogP contribution in [0.4, 0.5) is 0 Å². The zero-order valence-corrected chi connectivity index (χ0v) is 16.5. The molecule has 1 saturated heterocycles. The molecule has 2 N–H and O–H groups in total. The summed E-state index contributed by atoms with van der Waals surface area (Å²) in [6, 6.07) is 5.36. The lowest BCUT2D eigenvalue weighted by Crippen LogP contribution is -2.48. The number of hydrogen-bond acceptors (Lipinski definition) is 4. The summed E-state index contributed by atoms with van der Waals surface area (Å²) in [7, 11) is 1.86. The second kappa shape index (κ2) is 9.01. The van der Waals surface area contributed by atoms with Gasteiger partial charge in [0.2, 0.25) is 0 Å². The van der Waals surface area contributed by atoms with E-state index in [9.17, 15) is 0 Å². The third kappa shape index (κ3) is 5.19. The van der Waals surface area contributed by atoms with Gasteiger partial charge in [0.1, 0.15) is 0 Å². The highest BCUT2D eigenvalue weighted by atomic mass is 32.1. The minimum absolute atomic E-state index is 0.301. The highest BCUT2D eigenvalue weighted by molar-refractivity contribution is 7.10. The second-order valence-corrected chi connectivity index (χ2v) is 8.18. The fraction of sp³-hybridized carbons (Fsp3) is 0.737. The quantitative estimate of drug-likeness (QED) is 0.577. The zero-order chi connectivity index (χ0) is 17.6. The Hall–Kier alpha value is -1.11. The molecule has 25 heavy (non-hydrogen) atoms. The van der Waals surface area contributed by atoms with Crippen LogP contribution in [0.5, 0.6) is 0 Å². The van der Waals surface area contributed by atoms with Gasteiger partial charge in [-0.05, 0) is 37.1 Å². The molecule has 0 spiro atoms. The number of rotatable bonds is 7. The molecule has 1 aliphatic carbocycles. The number of thiophene rings is 1. The van der Waals surface area contributed by atoms with E-state index in [1.54, 1.807) is 0 Å². The molecule has 0 amide bonds. The molecule has 1 aliphatic heterocycles. The van der Waals surface area contributed by atoms with Crippen molar-refractivity contribution in [2.45, 2.75) is 51.3 Å². The largest absolute Gasteiger partial charge is 0.376 e. The smallest absolute Gasteiger partial charge is 0.191 e. The van der Waals surface area contributed by atoms with Crippen LogP contribution >= 0.6 is 11.3 Å². The Balaban J connectivity index is 1.56. The summed E-state index contributed by atoms with van der Waals surface area (Å²) in [5.41, 5.74) is 0. The minimum Gasteiger partial charge on any atom is -0.376 e. The van der Waals surface area contributed by atoms with E-state index in [-0.39, 0.29) is 0 Å². The van der Waals surface area contributed by atoms with Gasteiger partial charge in [-0.3, -0.25) is 9.89 Å². The maximum absolute atomic E-state index is 5.72. The van der Waals surface area contributed by atoms with E-state index in [1.165, 1.54) is 24.1 Å². The number of nitrogens with zero attached hydrogens (tertiary/aromatic N) is 2. The first-order valence-corrected chi connectivity index (χ1v) is 10.5. The molecule has 0 bridgehead atoms. The van der Waals surface area contributed by atoms with Gasteiger partial charge in [0.05, 0.1) is 18.8 Å². The molecule has 140 valence electrons. The fourth-order valence-electron chi connectivity index (χ4n) is 3.70. The topological polar surface area (TPSA) is 48.9 Å². The lowest BCUT2D eigenvalue weighted by molar-refractivity contribution is -0.0334. The van der Waals surface area contributed by atoms with E-state index in [0.717, 1.165) is 38.1 Å². The molecular weight excluding hydrogens is 332 g/mol. The van der Waals surface area contributed by atoms with Gasteiger partial charge in [-0.2, -0.15) is 0 Å². The highest BCUT2D eigenvalue weighted by Gasteiger charge is 2.36. The number of hydrogen-bond donors (Lipinski definition) is 2. The first kappa shape index (κ1) is 18.7. The van der Waals surface area contributed by atoms with Crippen molar-refractivity contribution in [3.05, 3.63) is 22.4 Å². The standard InChI is InChI=1S/C19H32N4OS/c1-4-6-15-11-16(15)22-19(20-3)21-12-17(18-7-5-10-25-18)23-8-9-24-14(2)13-23/h5,7,10,14-17H,4,6,8-9,11-13H2,1-3H3,(H2,20,21,22). The number of morpholine rings is 1. The van der Waals surface area contributed by atoms with Crippen LogP contribution in [0.2, 0.25) is 0 Å². The van der Waals surface area contributed by atoms with Gasteiger partial charge in [-0.1, -0.05) is 19.4 Å². The van der Waals surface area contributed by atoms with Crippen molar-refractivity contribution in [3.8, 4) is 0 Å². The van der Waals surface area contributed by atoms with Crippen molar-refractivity contribution in [2.75, 3.05) is 33.3 Å². The predicted molar refractivity (Wildman–Crippen MR) is 105 cm³/mol. The first-order valence-electron chi connectivity index (χ1n) is 9.57. The Bertz CT molecular complexity index is 548. The summed E-state index contributed by atoms with van der Waals surface area (Å²) >= 11 is 1.84. The molecule has 1 saturated carbocycles. The van der Waals surface area contributed by atoms with Gasteiger partial charge in [0, 0.05) is 37.6 Å². The van der Waals surface area contributed by atoms with Crippen LogP contribution in [0.15, 0.2) is 22.5 Å². The molecule has 1 aromatic heterocycles. The van der Waals surface area contributed by atoms with Gasteiger partial charge in [-0.25, -0.2) is 0 Å². The fourth-order valence-corrected chi connectivity index (χ4v) is 4.56. The van der Waals surface area contributed by atoms with E-state index < -0.39 is 0 Å². The van der Waals surface area contributed by atoms with Crippen molar-refractivity contribution in [1.29, 1.82) is 0 Å². The van der Waals surface area contributed by atoms with Crippen LogP contribution in [0, 0.1) is 5.92 Å². The molecule has 0 radical (unpaired) electrons. The zero-order valence-electron chi connectivity index (χ0n) is 15.7. The Morgan fingerprint density at radius 1 is 1.52 bits per heavy atom. The average Bonchev–Trinajstić information content (AvgIpc) is 3.10. The highest BCUT2D eigenvalue weighted by Crippen LogP contribution is 2.34. The Morgan fingerprint density at radius 2 is 2.40 bits per heavy atom. The maximum atomic E-state index is 5.72. The molecule has 2 heterocycles. The van der Waals surface area contributed by atoms with Crippen LogP contribution in [0.25, 0.3) is 0 Å². The summed E-state index contributed by atoms with van der Waals surface area (Å²) in [5, 5.41) is 9.32. The predicted octanol–water partition coefficient (Wildman–Crippen LogP) is 2.86. The van der Waals surface area contributed by atoms with Crippen molar-refractivity contribution in [3.63, 3.8) is 0 Å². The van der Waals surface area contributed by atoms with Gasteiger partial charge < -0.3 is 15.4 Å². The summed E-state index contributed by atoms with van der Waals surface area (Å²) in [4.78, 5) is 8.38. The van der Waals surface area contributed by atoms with E-state index in [4.69, 9.17) is 4.74 Å². The SMILES string of the molecule is CCCC1CC1NC(=NC)NCC(c1cccs1)N1CCOC(C)C1. The molecule has 2 aliphatic rings. The summed E-state index contributed by atoms with van der Waals surface area (Å²) < 4.78 is 5.72. The average molecular weight is 365 g/mol. The van der Waals surface area contributed by atoms with Gasteiger partial charge in [-0.15, -0.1) is 11.3 Å². The molecule has 1 aromatic rings. The van der Waals surface area contributed by atoms with Crippen molar-refractivity contribution in [2.24, 2.45) is 10.9 Å². The van der Waals surface area contributed by atoms with Crippen LogP contribution in [-0.4, -0.2) is 56.3 Å². The molecule has 0 aromatic carbocycles. The minimum atomic E-state index is 0.301. The second-order valence-electron chi connectivity index (χ2n) is 7.20. The normalized spacial score (nSPS) is 28.6. The van der Waals surface area contributed by atoms with Gasteiger partial charge in [0.15, 0.2) is 5.96 Å². The van der Waals surface area contributed by atoms with E-state index >= 15 is 0 Å². The lowest BCUT2D eigenvalue weighted by Gasteiger charge is -2.37. The molecule has 6 heteroatoms. The molecule has 2 fully saturated rings. The number of nitrogens with one attached hydrogen (secondary N) is 2. The Kier molecular flexibility index (Phi) is 6.73. The molecular formula is C19H32N4OS. The van der Waals surface area contributed by atoms with E-state index in [2.05, 4.69) is 51.9 Å². The van der Waals surface area contributed by atoms with Crippen LogP contribution in [-0.2, 0) is 4.74 Å². The van der Waals surface area contributed by atoms with Crippen LogP contribution in [0.1, 0.15) is 44.0 Å². The van der Waals surface area contributed by atoms with Crippen molar-refractivity contribution < 1.29 is 4.74 Å². The van der Waals surface area contributed by atoms with Crippen molar-refractivity contribution >= 4 is 17.3 Å². The molecule has 4 unspecified atom stereocenters. The third-order valence-corrected chi connectivity index (χ3v) is 6.15. The number of guanidine groups is 1. The van der Waals surface area contributed by atoms with Crippen LogP contribution in [0.3, 0.4) is 0 Å². The summed E-state index contributed by atoms with van der Waals surface area (Å²) in [6.07, 6.45) is 4.17. The van der Waals surface area contributed by atoms with Crippen molar-refractivity contribution in [1.82, 2.24) is 15.5 Å². The van der Waals surface area contributed by atoms with Gasteiger partial charge >= 0.3 is 0 Å². The maximum Gasteiger partial charge on any atom is 0.191 e. The number of ether oxygens (including phenoxy) is 1. The first-order chi connectivity index (χ1) is 12.2. The lowest BCUT2D eigenvalue weighted by atomic mass is 10.1. The monoisotopic (exact) mass is 364 g/mol. The Labute approximate surface area is 155 Å². The van der Waals surface area contributed by atoms with E-state index in [0.29, 0.717) is 18.2 Å². The molecule has 3 rings (SSSR count). The van der Waals surface area contributed by atoms with Crippen LogP contribution < -0.4 is 10.6 Å². The number of aliphatic imine (C=N–C) groups is 1. The summed E-state index contributed by atoms with van der Waals surface area (Å²) in [6.45, 7) is 8.08. The Morgan fingerprint density at radius 3 is 3.08 bits per heavy atom.